The lowest BCUT2D eigenvalue weighted by atomic mass is 9.90. The fourth-order valence-corrected chi connectivity index (χ4v) is 4.15. The fourth-order valence-electron chi connectivity index (χ4n) is 4.15. The highest BCUT2D eigenvalue weighted by molar-refractivity contribution is 5.48. The van der Waals surface area contributed by atoms with Crippen molar-refractivity contribution in [2.24, 2.45) is 5.92 Å². The van der Waals surface area contributed by atoms with Crippen molar-refractivity contribution >= 4 is 5.88 Å². The first-order chi connectivity index (χ1) is 14.6. The predicted molar refractivity (Wildman–Crippen MR) is 117 cm³/mol. The summed E-state index contributed by atoms with van der Waals surface area (Å²) < 4.78 is 11.9. The van der Waals surface area contributed by atoms with Crippen LogP contribution in [-0.4, -0.2) is 18.1 Å². The second-order valence-corrected chi connectivity index (χ2v) is 8.00. The molecule has 1 aromatic heterocycles. The molecule has 0 unspecified atom stereocenters. The highest BCUT2D eigenvalue weighted by Gasteiger charge is 2.25. The zero-order valence-corrected chi connectivity index (χ0v) is 17.6. The van der Waals surface area contributed by atoms with E-state index in [4.69, 9.17) is 9.15 Å². The lowest BCUT2D eigenvalue weighted by Gasteiger charge is -2.31. The lowest BCUT2D eigenvalue weighted by Crippen LogP contribution is -2.34. The first-order valence-electron chi connectivity index (χ1n) is 10.5. The third-order valence-corrected chi connectivity index (χ3v) is 5.78. The standard InChI is InChI=1S/C25H27N3O2/c1-18-7-6-8-19(2)24(18)29-17-23-27-22(16-26)25(30-23)28-13-11-21(12-14-28)15-20-9-4-3-5-10-20/h3-10,21H,11-15,17H2,1-2H3. The number of nitrogens with zero attached hydrogens (tertiary/aromatic N) is 3. The van der Waals surface area contributed by atoms with Gasteiger partial charge in [-0.3, -0.25) is 0 Å². The number of benzene rings is 2. The summed E-state index contributed by atoms with van der Waals surface area (Å²) in [5, 5.41) is 9.54. The summed E-state index contributed by atoms with van der Waals surface area (Å²) >= 11 is 0. The van der Waals surface area contributed by atoms with Gasteiger partial charge < -0.3 is 14.1 Å². The number of aryl methyl sites for hydroxylation is 2. The number of rotatable bonds is 6. The van der Waals surface area contributed by atoms with Crippen LogP contribution in [0, 0.1) is 31.1 Å². The molecular weight excluding hydrogens is 374 g/mol. The molecule has 0 atom stereocenters. The Labute approximate surface area is 177 Å². The SMILES string of the molecule is Cc1cccc(C)c1OCc1nc(C#N)c(N2CCC(Cc3ccccc3)CC2)o1. The molecular formula is C25H27N3O2. The van der Waals surface area contributed by atoms with E-state index in [1.807, 2.05) is 32.0 Å². The van der Waals surface area contributed by atoms with E-state index in [0.717, 1.165) is 49.2 Å². The van der Waals surface area contributed by atoms with E-state index in [1.165, 1.54) is 5.56 Å². The van der Waals surface area contributed by atoms with Gasteiger partial charge in [0.05, 0.1) is 0 Å². The van der Waals surface area contributed by atoms with Crippen LogP contribution < -0.4 is 9.64 Å². The third-order valence-electron chi connectivity index (χ3n) is 5.78. The predicted octanol–water partition coefficient (Wildman–Crippen LogP) is 5.20. The minimum atomic E-state index is 0.213. The van der Waals surface area contributed by atoms with Gasteiger partial charge in [0.2, 0.25) is 17.5 Å². The summed E-state index contributed by atoms with van der Waals surface area (Å²) in [5.41, 5.74) is 3.88. The molecule has 0 aliphatic carbocycles. The summed E-state index contributed by atoms with van der Waals surface area (Å²) in [6.45, 7) is 6.00. The van der Waals surface area contributed by atoms with Gasteiger partial charge in [-0.05, 0) is 55.7 Å². The first kappa shape index (κ1) is 20.0. The minimum Gasteiger partial charge on any atom is -0.483 e. The molecule has 0 saturated carbocycles. The molecule has 30 heavy (non-hydrogen) atoms. The first-order valence-corrected chi connectivity index (χ1v) is 10.5. The lowest BCUT2D eigenvalue weighted by molar-refractivity contribution is 0.259. The number of anilines is 1. The molecule has 4 rings (SSSR count). The minimum absolute atomic E-state index is 0.213. The molecule has 3 aromatic rings. The number of nitriles is 1. The second-order valence-electron chi connectivity index (χ2n) is 8.00. The number of hydrogen-bond acceptors (Lipinski definition) is 5. The molecule has 1 aliphatic rings. The van der Waals surface area contributed by atoms with Crippen LogP contribution in [0.25, 0.3) is 0 Å². The van der Waals surface area contributed by atoms with Crippen LogP contribution in [0.2, 0.25) is 0 Å². The zero-order valence-electron chi connectivity index (χ0n) is 17.6. The summed E-state index contributed by atoms with van der Waals surface area (Å²) in [7, 11) is 0. The van der Waals surface area contributed by atoms with E-state index < -0.39 is 0 Å². The number of hydrogen-bond donors (Lipinski definition) is 0. The highest BCUT2D eigenvalue weighted by Crippen LogP contribution is 2.30. The summed E-state index contributed by atoms with van der Waals surface area (Å²) in [6, 6.07) is 18.9. The molecule has 2 heterocycles. The van der Waals surface area contributed by atoms with Gasteiger partial charge in [-0.15, -0.1) is 0 Å². The van der Waals surface area contributed by atoms with Crippen molar-refractivity contribution in [2.75, 3.05) is 18.0 Å². The van der Waals surface area contributed by atoms with E-state index >= 15 is 0 Å². The number of ether oxygens (including phenoxy) is 1. The molecule has 1 saturated heterocycles. The van der Waals surface area contributed by atoms with E-state index in [-0.39, 0.29) is 6.61 Å². The smallest absolute Gasteiger partial charge is 0.236 e. The van der Waals surface area contributed by atoms with E-state index in [0.29, 0.717) is 23.4 Å². The second kappa shape index (κ2) is 9.04. The summed E-state index contributed by atoms with van der Waals surface area (Å²) in [4.78, 5) is 6.52. The van der Waals surface area contributed by atoms with E-state index in [9.17, 15) is 5.26 Å². The van der Waals surface area contributed by atoms with Gasteiger partial charge >= 0.3 is 0 Å². The molecule has 1 fully saturated rings. The number of oxazole rings is 1. The van der Waals surface area contributed by atoms with Crippen molar-refractivity contribution in [3.63, 3.8) is 0 Å². The molecule has 0 N–H and O–H groups in total. The van der Waals surface area contributed by atoms with Crippen molar-refractivity contribution < 1.29 is 9.15 Å². The maximum Gasteiger partial charge on any atom is 0.236 e. The number of piperidine rings is 1. The van der Waals surface area contributed by atoms with Gasteiger partial charge in [0, 0.05) is 13.1 Å². The van der Waals surface area contributed by atoms with Crippen molar-refractivity contribution in [3.8, 4) is 11.8 Å². The van der Waals surface area contributed by atoms with Crippen LogP contribution in [0.5, 0.6) is 5.75 Å². The van der Waals surface area contributed by atoms with Crippen molar-refractivity contribution in [3.05, 3.63) is 76.8 Å². The molecule has 154 valence electrons. The summed E-state index contributed by atoms with van der Waals surface area (Å²) in [5.74, 6) is 2.52. The molecule has 1 aliphatic heterocycles. The Bertz CT molecular complexity index is 1010. The van der Waals surface area contributed by atoms with Crippen molar-refractivity contribution in [1.82, 2.24) is 4.98 Å². The Hall–Kier alpha value is -3.26. The Kier molecular flexibility index (Phi) is 6.04. The van der Waals surface area contributed by atoms with Crippen LogP contribution in [0.4, 0.5) is 5.88 Å². The van der Waals surface area contributed by atoms with E-state index in [2.05, 4.69) is 46.3 Å². The Morgan fingerprint density at radius 2 is 1.77 bits per heavy atom. The van der Waals surface area contributed by atoms with Crippen LogP contribution in [0.3, 0.4) is 0 Å². The topological polar surface area (TPSA) is 62.3 Å². The molecule has 0 spiro atoms. The van der Waals surface area contributed by atoms with Crippen molar-refractivity contribution in [2.45, 2.75) is 39.7 Å². The molecule has 5 nitrogen and oxygen atoms in total. The average Bonchev–Trinajstić information content (AvgIpc) is 3.18. The van der Waals surface area contributed by atoms with Crippen molar-refractivity contribution in [1.29, 1.82) is 5.26 Å². The maximum atomic E-state index is 9.54. The Balaban J connectivity index is 1.39. The van der Waals surface area contributed by atoms with Crippen LogP contribution in [-0.2, 0) is 13.0 Å². The van der Waals surface area contributed by atoms with Gasteiger partial charge in [-0.2, -0.15) is 10.2 Å². The molecule has 0 bridgehead atoms. The molecule has 0 radical (unpaired) electrons. The fraction of sp³-hybridized carbons (Fsp3) is 0.360. The van der Waals surface area contributed by atoms with Crippen LogP contribution in [0.1, 0.15) is 41.1 Å². The van der Waals surface area contributed by atoms with Gasteiger partial charge in [0.25, 0.3) is 0 Å². The Morgan fingerprint density at radius 1 is 1.07 bits per heavy atom. The number of para-hydroxylation sites is 1. The largest absolute Gasteiger partial charge is 0.483 e. The third kappa shape index (κ3) is 4.49. The highest BCUT2D eigenvalue weighted by atomic mass is 16.5. The zero-order chi connectivity index (χ0) is 20.9. The van der Waals surface area contributed by atoms with Crippen LogP contribution >= 0.6 is 0 Å². The summed E-state index contributed by atoms with van der Waals surface area (Å²) in [6.07, 6.45) is 3.26. The van der Waals surface area contributed by atoms with Crippen LogP contribution in [0.15, 0.2) is 52.9 Å². The molecule has 5 heteroatoms. The quantitative estimate of drug-likeness (QED) is 0.568. The maximum absolute atomic E-state index is 9.54. The van der Waals surface area contributed by atoms with Gasteiger partial charge in [-0.1, -0.05) is 48.5 Å². The van der Waals surface area contributed by atoms with E-state index in [1.54, 1.807) is 0 Å². The molecule has 2 aromatic carbocycles. The average molecular weight is 402 g/mol. The van der Waals surface area contributed by atoms with Gasteiger partial charge in [0.1, 0.15) is 11.8 Å². The molecule has 0 amide bonds. The van der Waals surface area contributed by atoms with Gasteiger partial charge in [-0.25, -0.2) is 0 Å². The Morgan fingerprint density at radius 3 is 2.43 bits per heavy atom. The van der Waals surface area contributed by atoms with Gasteiger partial charge in [0.15, 0.2) is 6.61 Å². The monoisotopic (exact) mass is 401 g/mol. The number of aromatic nitrogens is 1. The normalized spacial score (nSPS) is 14.5.